The largest absolute Gasteiger partial charge is 0.302 e. The molecule has 164 valence electrons. The molecule has 1 aliphatic rings. The summed E-state index contributed by atoms with van der Waals surface area (Å²) < 4.78 is 28.4. The van der Waals surface area contributed by atoms with Gasteiger partial charge in [0, 0.05) is 23.5 Å². The predicted octanol–water partition coefficient (Wildman–Crippen LogP) is 5.14. The Morgan fingerprint density at radius 1 is 1.09 bits per heavy atom. The quantitative estimate of drug-likeness (QED) is 0.434. The molecule has 4 aromatic rings. The van der Waals surface area contributed by atoms with E-state index in [-0.39, 0.29) is 17.3 Å². The molecule has 0 radical (unpaired) electrons. The van der Waals surface area contributed by atoms with Crippen LogP contribution in [0.15, 0.2) is 65.6 Å². The number of piperidine rings is 1. The van der Waals surface area contributed by atoms with Gasteiger partial charge in [0.05, 0.1) is 21.0 Å². The summed E-state index contributed by atoms with van der Waals surface area (Å²) in [5.41, 5.74) is 0.860. The smallest absolute Gasteiger partial charge is 0.243 e. The van der Waals surface area contributed by atoms with Crippen LogP contribution in [-0.2, 0) is 14.8 Å². The van der Waals surface area contributed by atoms with E-state index in [9.17, 15) is 13.2 Å². The van der Waals surface area contributed by atoms with Crippen LogP contribution < -0.4 is 5.32 Å². The van der Waals surface area contributed by atoms with E-state index in [0.717, 1.165) is 21.0 Å². The predicted molar refractivity (Wildman–Crippen MR) is 129 cm³/mol. The molecule has 5 rings (SSSR count). The highest BCUT2D eigenvalue weighted by Crippen LogP contribution is 2.32. The van der Waals surface area contributed by atoms with Crippen molar-refractivity contribution in [2.75, 3.05) is 18.4 Å². The Hall–Kier alpha value is -2.52. The van der Waals surface area contributed by atoms with Crippen LogP contribution in [0.4, 0.5) is 5.13 Å². The fraction of sp³-hybridized carbons (Fsp3) is 0.217. The number of nitrogens with one attached hydrogen (secondary N) is 1. The van der Waals surface area contributed by atoms with Crippen molar-refractivity contribution in [2.24, 2.45) is 5.92 Å². The van der Waals surface area contributed by atoms with Gasteiger partial charge in [0.25, 0.3) is 0 Å². The number of rotatable bonds is 4. The lowest BCUT2D eigenvalue weighted by Crippen LogP contribution is -2.43. The summed E-state index contributed by atoms with van der Waals surface area (Å²) in [6.07, 6.45) is 1.25. The second-order valence-electron chi connectivity index (χ2n) is 7.80. The van der Waals surface area contributed by atoms with Crippen molar-refractivity contribution in [2.45, 2.75) is 17.7 Å². The van der Waals surface area contributed by atoms with Gasteiger partial charge in [-0.3, -0.25) is 4.79 Å². The number of halogens is 1. The molecule has 6 nitrogen and oxygen atoms in total. The van der Waals surface area contributed by atoms with Gasteiger partial charge in [-0.2, -0.15) is 4.31 Å². The number of benzene rings is 3. The number of anilines is 1. The summed E-state index contributed by atoms with van der Waals surface area (Å²) in [6, 6.07) is 18.1. The maximum absolute atomic E-state index is 13.0. The number of hydrogen-bond acceptors (Lipinski definition) is 5. The van der Waals surface area contributed by atoms with Crippen LogP contribution in [0.2, 0.25) is 5.02 Å². The van der Waals surface area contributed by atoms with E-state index < -0.39 is 15.9 Å². The number of amides is 1. The summed E-state index contributed by atoms with van der Waals surface area (Å²) >= 11 is 7.31. The summed E-state index contributed by atoms with van der Waals surface area (Å²) in [4.78, 5) is 17.8. The lowest BCUT2D eigenvalue weighted by Gasteiger charge is -2.31. The molecule has 1 unspecified atom stereocenters. The first-order valence-electron chi connectivity index (χ1n) is 10.3. The maximum Gasteiger partial charge on any atom is 0.243 e. The SMILES string of the molecule is O=C(Nc1nc2c(ccc3ccccc32)s1)C1CCCN(S(=O)(=O)c2ccc(Cl)cc2)C1. The van der Waals surface area contributed by atoms with Crippen LogP contribution in [-0.4, -0.2) is 36.7 Å². The average Bonchev–Trinajstić information content (AvgIpc) is 3.22. The average molecular weight is 486 g/mol. The molecule has 0 bridgehead atoms. The molecule has 3 aromatic carbocycles. The van der Waals surface area contributed by atoms with Crippen molar-refractivity contribution in [1.29, 1.82) is 0 Å². The van der Waals surface area contributed by atoms with Crippen LogP contribution in [0.25, 0.3) is 21.0 Å². The molecular formula is C23H20ClN3O3S2. The minimum absolute atomic E-state index is 0.143. The third kappa shape index (κ3) is 3.99. The van der Waals surface area contributed by atoms with Gasteiger partial charge < -0.3 is 5.32 Å². The van der Waals surface area contributed by atoms with Gasteiger partial charge in [-0.15, -0.1) is 0 Å². The molecule has 1 N–H and O–H groups in total. The lowest BCUT2D eigenvalue weighted by molar-refractivity contribution is -0.120. The first-order valence-corrected chi connectivity index (χ1v) is 12.9. The van der Waals surface area contributed by atoms with Crippen molar-refractivity contribution < 1.29 is 13.2 Å². The first-order chi connectivity index (χ1) is 15.4. The molecule has 1 aliphatic heterocycles. The molecule has 32 heavy (non-hydrogen) atoms. The monoisotopic (exact) mass is 485 g/mol. The fourth-order valence-corrected chi connectivity index (χ4v) is 6.59. The van der Waals surface area contributed by atoms with Crippen LogP contribution in [0.5, 0.6) is 0 Å². The molecule has 1 fully saturated rings. The molecular weight excluding hydrogens is 466 g/mol. The van der Waals surface area contributed by atoms with Gasteiger partial charge in [0.15, 0.2) is 5.13 Å². The number of carbonyl (C=O) groups excluding carboxylic acids is 1. The molecule has 0 aliphatic carbocycles. The molecule has 0 spiro atoms. The molecule has 1 saturated heterocycles. The molecule has 2 heterocycles. The van der Waals surface area contributed by atoms with E-state index in [0.29, 0.717) is 29.5 Å². The summed E-state index contributed by atoms with van der Waals surface area (Å²) in [7, 11) is -3.68. The number of thiazole rings is 1. The third-order valence-corrected chi connectivity index (χ3v) is 8.79. The second-order valence-corrected chi connectivity index (χ2v) is 11.2. The van der Waals surface area contributed by atoms with E-state index in [1.54, 1.807) is 12.1 Å². The Balaban J connectivity index is 1.34. The van der Waals surface area contributed by atoms with E-state index in [1.807, 2.05) is 36.4 Å². The van der Waals surface area contributed by atoms with Crippen LogP contribution >= 0.6 is 22.9 Å². The summed E-state index contributed by atoms with van der Waals surface area (Å²) in [5, 5.41) is 6.05. The number of aromatic nitrogens is 1. The van der Waals surface area contributed by atoms with Gasteiger partial charge >= 0.3 is 0 Å². The normalized spacial score (nSPS) is 17.6. The third-order valence-electron chi connectivity index (χ3n) is 5.72. The summed E-state index contributed by atoms with van der Waals surface area (Å²) in [5.74, 6) is -0.640. The minimum atomic E-state index is -3.68. The van der Waals surface area contributed by atoms with Crippen molar-refractivity contribution in [3.63, 3.8) is 0 Å². The van der Waals surface area contributed by atoms with E-state index >= 15 is 0 Å². The fourth-order valence-electron chi connectivity index (χ4n) is 4.05. The zero-order valence-electron chi connectivity index (χ0n) is 17.0. The van der Waals surface area contributed by atoms with Gasteiger partial charge in [0.1, 0.15) is 0 Å². The summed E-state index contributed by atoms with van der Waals surface area (Å²) in [6.45, 7) is 0.534. The highest BCUT2D eigenvalue weighted by Gasteiger charge is 2.33. The van der Waals surface area contributed by atoms with Crippen molar-refractivity contribution in [3.8, 4) is 0 Å². The standard InChI is InChI=1S/C23H20ClN3O3S2/c24-17-8-10-18(11-9-17)32(29,30)27-13-3-5-16(14-27)22(28)26-23-25-21-19-6-2-1-4-15(19)7-12-20(21)31-23/h1-2,4,6-12,16H,3,5,13-14H2,(H,25,26,28). The maximum atomic E-state index is 13.0. The first kappa shape index (κ1) is 21.3. The molecule has 1 atom stereocenters. The number of hydrogen-bond donors (Lipinski definition) is 1. The van der Waals surface area contributed by atoms with Crippen molar-refractivity contribution >= 4 is 65.0 Å². The van der Waals surface area contributed by atoms with E-state index in [1.165, 1.54) is 27.8 Å². The lowest BCUT2D eigenvalue weighted by atomic mass is 9.99. The molecule has 1 aromatic heterocycles. The zero-order valence-corrected chi connectivity index (χ0v) is 19.4. The van der Waals surface area contributed by atoms with Crippen LogP contribution in [0.3, 0.4) is 0 Å². The number of fused-ring (bicyclic) bond motifs is 3. The minimum Gasteiger partial charge on any atom is -0.302 e. The number of nitrogens with zero attached hydrogens (tertiary/aromatic N) is 2. The number of carbonyl (C=O) groups is 1. The Morgan fingerprint density at radius 3 is 2.69 bits per heavy atom. The molecule has 9 heteroatoms. The van der Waals surface area contributed by atoms with Gasteiger partial charge in [-0.05, 0) is 48.6 Å². The Labute approximate surface area is 194 Å². The Bertz CT molecular complexity index is 1420. The topological polar surface area (TPSA) is 79.4 Å². The van der Waals surface area contributed by atoms with Crippen molar-refractivity contribution in [3.05, 3.63) is 65.7 Å². The second kappa shape index (κ2) is 8.44. The van der Waals surface area contributed by atoms with Crippen LogP contribution in [0.1, 0.15) is 12.8 Å². The van der Waals surface area contributed by atoms with Gasteiger partial charge in [0.2, 0.25) is 15.9 Å². The van der Waals surface area contributed by atoms with Crippen LogP contribution in [0, 0.1) is 5.92 Å². The number of sulfonamides is 1. The van der Waals surface area contributed by atoms with Gasteiger partial charge in [-0.1, -0.05) is 53.3 Å². The Morgan fingerprint density at radius 2 is 1.88 bits per heavy atom. The van der Waals surface area contributed by atoms with Gasteiger partial charge in [-0.25, -0.2) is 13.4 Å². The Kier molecular flexibility index (Phi) is 5.63. The molecule has 1 amide bonds. The van der Waals surface area contributed by atoms with E-state index in [2.05, 4.69) is 10.3 Å². The molecule has 0 saturated carbocycles. The zero-order chi connectivity index (χ0) is 22.3. The van der Waals surface area contributed by atoms with E-state index in [4.69, 9.17) is 11.6 Å². The highest BCUT2D eigenvalue weighted by atomic mass is 35.5. The van der Waals surface area contributed by atoms with Crippen molar-refractivity contribution in [1.82, 2.24) is 9.29 Å². The highest BCUT2D eigenvalue weighted by molar-refractivity contribution is 7.89.